The number of amides is 1. The first kappa shape index (κ1) is 15.8. The first-order valence-corrected chi connectivity index (χ1v) is 8.17. The Morgan fingerprint density at radius 1 is 1.55 bits per heavy atom. The minimum Gasteiger partial charge on any atom is -0.352 e. The number of carbonyl (C=O) groups excluding carboxylic acids is 1. The molecule has 0 radical (unpaired) electrons. The average molecular weight is 360 g/mol. The van der Waals surface area contributed by atoms with Crippen molar-refractivity contribution in [1.82, 2.24) is 10.6 Å². The summed E-state index contributed by atoms with van der Waals surface area (Å²) in [4.78, 5) is 12.0. The van der Waals surface area contributed by atoms with E-state index in [9.17, 15) is 4.79 Å². The van der Waals surface area contributed by atoms with Gasteiger partial charge in [-0.15, -0.1) is 0 Å². The van der Waals surface area contributed by atoms with Gasteiger partial charge in [0.1, 0.15) is 0 Å². The maximum Gasteiger partial charge on any atom is 0.220 e. The molecule has 0 aromatic heterocycles. The zero-order valence-electron chi connectivity index (χ0n) is 11.6. The molecule has 3 nitrogen and oxygen atoms in total. The molecule has 2 rings (SSSR count). The Kier molecular flexibility index (Phi) is 5.87. The molecule has 1 amide bonds. The molecule has 1 fully saturated rings. The molecule has 5 heteroatoms. The number of piperidine rings is 1. The van der Waals surface area contributed by atoms with Crippen LogP contribution in [0.25, 0.3) is 0 Å². The Labute approximate surface area is 133 Å². The SMILES string of the molecule is CC1CCNCC1NC(=O)CCc1cc(Cl)ccc1Br. The summed E-state index contributed by atoms with van der Waals surface area (Å²) in [5.41, 5.74) is 1.07. The highest BCUT2D eigenvalue weighted by Gasteiger charge is 2.22. The predicted molar refractivity (Wildman–Crippen MR) is 86.1 cm³/mol. The third kappa shape index (κ3) is 4.47. The fourth-order valence-electron chi connectivity index (χ4n) is 2.45. The Morgan fingerprint density at radius 2 is 2.35 bits per heavy atom. The summed E-state index contributed by atoms with van der Waals surface area (Å²) in [5.74, 6) is 0.649. The molecular weight excluding hydrogens is 340 g/mol. The molecule has 1 aliphatic rings. The van der Waals surface area contributed by atoms with Crippen LogP contribution < -0.4 is 10.6 Å². The predicted octanol–water partition coefficient (Wildman–Crippen LogP) is 3.15. The van der Waals surface area contributed by atoms with Crippen LogP contribution in [-0.4, -0.2) is 25.0 Å². The van der Waals surface area contributed by atoms with Gasteiger partial charge in [-0.25, -0.2) is 0 Å². The van der Waals surface area contributed by atoms with Crippen molar-refractivity contribution in [3.05, 3.63) is 33.3 Å². The number of aryl methyl sites for hydroxylation is 1. The fourth-order valence-corrected chi connectivity index (χ4v) is 3.08. The van der Waals surface area contributed by atoms with Crippen molar-refractivity contribution >= 4 is 33.4 Å². The van der Waals surface area contributed by atoms with Crippen molar-refractivity contribution in [1.29, 1.82) is 0 Å². The molecule has 1 aliphatic heterocycles. The van der Waals surface area contributed by atoms with Crippen molar-refractivity contribution in [2.75, 3.05) is 13.1 Å². The van der Waals surface area contributed by atoms with E-state index in [1.807, 2.05) is 18.2 Å². The highest BCUT2D eigenvalue weighted by molar-refractivity contribution is 9.10. The maximum atomic E-state index is 12.0. The van der Waals surface area contributed by atoms with Gasteiger partial charge in [-0.3, -0.25) is 4.79 Å². The van der Waals surface area contributed by atoms with Crippen LogP contribution in [0.2, 0.25) is 5.02 Å². The molecule has 1 heterocycles. The van der Waals surface area contributed by atoms with Gasteiger partial charge in [-0.05, 0) is 49.1 Å². The second-order valence-corrected chi connectivity index (χ2v) is 6.67. The molecule has 0 saturated carbocycles. The van der Waals surface area contributed by atoms with Crippen molar-refractivity contribution < 1.29 is 4.79 Å². The van der Waals surface area contributed by atoms with E-state index in [-0.39, 0.29) is 11.9 Å². The third-order valence-electron chi connectivity index (χ3n) is 3.80. The van der Waals surface area contributed by atoms with Gasteiger partial charge in [0, 0.05) is 28.5 Å². The first-order valence-electron chi connectivity index (χ1n) is 7.00. The number of benzene rings is 1. The number of hydrogen-bond acceptors (Lipinski definition) is 2. The molecule has 2 atom stereocenters. The summed E-state index contributed by atoms with van der Waals surface area (Å²) < 4.78 is 1.00. The van der Waals surface area contributed by atoms with E-state index in [2.05, 4.69) is 33.5 Å². The molecule has 110 valence electrons. The van der Waals surface area contributed by atoms with E-state index in [1.54, 1.807) is 0 Å². The van der Waals surface area contributed by atoms with Gasteiger partial charge in [0.15, 0.2) is 0 Å². The van der Waals surface area contributed by atoms with Crippen molar-refractivity contribution in [2.45, 2.75) is 32.2 Å². The molecular formula is C15H20BrClN2O. The molecule has 2 unspecified atom stereocenters. The Morgan fingerprint density at radius 3 is 3.10 bits per heavy atom. The number of rotatable bonds is 4. The van der Waals surface area contributed by atoms with Gasteiger partial charge in [0.25, 0.3) is 0 Å². The van der Waals surface area contributed by atoms with E-state index in [0.29, 0.717) is 23.8 Å². The first-order chi connectivity index (χ1) is 9.56. The molecule has 1 aromatic carbocycles. The lowest BCUT2D eigenvalue weighted by Crippen LogP contribution is -2.50. The van der Waals surface area contributed by atoms with Gasteiger partial charge in [-0.2, -0.15) is 0 Å². The van der Waals surface area contributed by atoms with E-state index < -0.39 is 0 Å². The van der Waals surface area contributed by atoms with Gasteiger partial charge < -0.3 is 10.6 Å². The van der Waals surface area contributed by atoms with E-state index in [1.165, 1.54) is 0 Å². The minimum absolute atomic E-state index is 0.109. The van der Waals surface area contributed by atoms with Crippen LogP contribution in [0.3, 0.4) is 0 Å². The van der Waals surface area contributed by atoms with Gasteiger partial charge >= 0.3 is 0 Å². The fraction of sp³-hybridized carbons (Fsp3) is 0.533. The lowest BCUT2D eigenvalue weighted by Gasteiger charge is -2.30. The monoisotopic (exact) mass is 358 g/mol. The Balaban J connectivity index is 1.84. The molecule has 0 bridgehead atoms. The third-order valence-corrected chi connectivity index (χ3v) is 4.81. The van der Waals surface area contributed by atoms with Crippen molar-refractivity contribution in [2.24, 2.45) is 5.92 Å². The zero-order valence-corrected chi connectivity index (χ0v) is 13.9. The van der Waals surface area contributed by atoms with Crippen LogP contribution in [0.15, 0.2) is 22.7 Å². The van der Waals surface area contributed by atoms with Gasteiger partial charge in [0.2, 0.25) is 5.91 Å². The second kappa shape index (κ2) is 7.43. The second-order valence-electron chi connectivity index (χ2n) is 5.38. The summed E-state index contributed by atoms with van der Waals surface area (Å²) in [6.07, 6.45) is 2.30. The number of halogens is 2. The van der Waals surface area contributed by atoms with Crippen LogP contribution in [-0.2, 0) is 11.2 Å². The molecule has 0 aliphatic carbocycles. The molecule has 1 saturated heterocycles. The van der Waals surface area contributed by atoms with Crippen LogP contribution in [0, 0.1) is 5.92 Å². The molecule has 2 N–H and O–H groups in total. The van der Waals surface area contributed by atoms with Crippen LogP contribution in [0.1, 0.15) is 25.3 Å². The van der Waals surface area contributed by atoms with Gasteiger partial charge in [-0.1, -0.05) is 34.5 Å². The van der Waals surface area contributed by atoms with Crippen LogP contribution in [0.5, 0.6) is 0 Å². The topological polar surface area (TPSA) is 41.1 Å². The standard InChI is InChI=1S/C15H20BrClN2O/c1-10-6-7-18-9-14(10)19-15(20)5-2-11-8-12(17)3-4-13(11)16/h3-4,8,10,14,18H,2,5-7,9H2,1H3,(H,19,20). The Bertz CT molecular complexity index is 481. The minimum atomic E-state index is 0.109. The highest BCUT2D eigenvalue weighted by atomic mass is 79.9. The van der Waals surface area contributed by atoms with Crippen LogP contribution >= 0.6 is 27.5 Å². The zero-order chi connectivity index (χ0) is 14.5. The summed E-state index contributed by atoms with van der Waals surface area (Å²) in [6, 6.07) is 5.91. The smallest absolute Gasteiger partial charge is 0.220 e. The van der Waals surface area contributed by atoms with Crippen molar-refractivity contribution in [3.63, 3.8) is 0 Å². The number of nitrogens with one attached hydrogen (secondary N) is 2. The summed E-state index contributed by atoms with van der Waals surface area (Å²) in [5, 5.41) is 7.15. The summed E-state index contributed by atoms with van der Waals surface area (Å²) in [7, 11) is 0. The largest absolute Gasteiger partial charge is 0.352 e. The molecule has 1 aromatic rings. The molecule has 20 heavy (non-hydrogen) atoms. The highest BCUT2D eigenvalue weighted by Crippen LogP contribution is 2.22. The Hall–Kier alpha value is -0.580. The summed E-state index contributed by atoms with van der Waals surface area (Å²) in [6.45, 7) is 4.11. The normalized spacial score (nSPS) is 22.6. The van der Waals surface area contributed by atoms with Crippen molar-refractivity contribution in [3.8, 4) is 0 Å². The van der Waals surface area contributed by atoms with Crippen LogP contribution in [0.4, 0.5) is 0 Å². The molecule has 0 spiro atoms. The van der Waals surface area contributed by atoms with E-state index in [0.717, 1.165) is 29.5 Å². The lowest BCUT2D eigenvalue weighted by atomic mass is 9.94. The lowest BCUT2D eigenvalue weighted by molar-refractivity contribution is -0.122. The summed E-state index contributed by atoms with van der Waals surface area (Å²) >= 11 is 9.47. The maximum absolute atomic E-state index is 12.0. The van der Waals surface area contributed by atoms with E-state index in [4.69, 9.17) is 11.6 Å². The average Bonchev–Trinajstić information content (AvgIpc) is 2.42. The van der Waals surface area contributed by atoms with Gasteiger partial charge in [0.05, 0.1) is 0 Å². The quantitative estimate of drug-likeness (QED) is 0.867. The number of carbonyl (C=O) groups is 1. The van der Waals surface area contributed by atoms with E-state index >= 15 is 0 Å². The number of hydrogen-bond donors (Lipinski definition) is 2.